The average Bonchev–Trinajstić information content (AvgIpc) is 2.24. The smallest absolute Gasteiger partial charge is 0.422 e. The Morgan fingerprint density at radius 3 is 2.56 bits per heavy atom. The minimum absolute atomic E-state index is 0.00162. The lowest BCUT2D eigenvalue weighted by atomic mass is 10.1. The number of hydrogen-bond donors (Lipinski definition) is 0. The molecule has 0 aliphatic carbocycles. The highest BCUT2D eigenvalue weighted by molar-refractivity contribution is 5.50. The highest BCUT2D eigenvalue weighted by Gasteiger charge is 2.28. The molecule has 0 heterocycles. The van der Waals surface area contributed by atoms with Gasteiger partial charge >= 0.3 is 6.18 Å². The van der Waals surface area contributed by atoms with Crippen LogP contribution in [0.4, 0.5) is 13.2 Å². The van der Waals surface area contributed by atoms with Gasteiger partial charge < -0.3 is 4.74 Å². The summed E-state index contributed by atoms with van der Waals surface area (Å²) in [5.74, 6) is -0.117. The largest absolute Gasteiger partial charge is 0.483 e. The number of ether oxygens (including phenoxy) is 1. The molecule has 16 heavy (non-hydrogen) atoms. The predicted molar refractivity (Wildman–Crippen MR) is 50.7 cm³/mol. The minimum Gasteiger partial charge on any atom is -0.483 e. The molecule has 0 atom stereocenters. The van der Waals surface area contributed by atoms with Crippen molar-refractivity contribution < 1.29 is 17.9 Å². The molecule has 1 radical (unpaired) electrons. The van der Waals surface area contributed by atoms with Gasteiger partial charge in [-0.3, -0.25) is 0 Å². The summed E-state index contributed by atoms with van der Waals surface area (Å²) in [6, 6.07) is 6.05. The molecule has 0 aliphatic rings. The second kappa shape index (κ2) is 4.71. The van der Waals surface area contributed by atoms with Crippen LogP contribution in [-0.4, -0.2) is 12.8 Å². The molecule has 83 valence electrons. The highest BCUT2D eigenvalue weighted by atomic mass is 19.4. The Bertz CT molecular complexity index is 432. The third-order valence-corrected chi connectivity index (χ3v) is 1.72. The lowest BCUT2D eigenvalue weighted by Gasteiger charge is -2.11. The van der Waals surface area contributed by atoms with Crippen molar-refractivity contribution in [2.75, 3.05) is 6.61 Å². The second-order valence-corrected chi connectivity index (χ2v) is 2.87. The van der Waals surface area contributed by atoms with E-state index in [4.69, 9.17) is 5.26 Å². The molecule has 0 spiro atoms. The monoisotopic (exact) mass is 226 g/mol. The van der Waals surface area contributed by atoms with Crippen LogP contribution in [0.15, 0.2) is 24.8 Å². The van der Waals surface area contributed by atoms with Crippen molar-refractivity contribution in [1.82, 2.24) is 0 Å². The van der Waals surface area contributed by atoms with Crippen LogP contribution in [0.1, 0.15) is 11.1 Å². The van der Waals surface area contributed by atoms with E-state index < -0.39 is 12.8 Å². The minimum atomic E-state index is -4.43. The van der Waals surface area contributed by atoms with Crippen LogP contribution in [0.25, 0.3) is 0 Å². The molecule has 5 heteroatoms. The average molecular weight is 226 g/mol. The summed E-state index contributed by atoms with van der Waals surface area (Å²) in [7, 11) is 0. The molecular weight excluding hydrogens is 219 g/mol. The van der Waals surface area contributed by atoms with Crippen LogP contribution in [-0.2, 0) is 0 Å². The first kappa shape index (κ1) is 12.1. The van der Waals surface area contributed by atoms with E-state index in [2.05, 4.69) is 17.4 Å². The molecule has 1 aromatic rings. The standard InChI is InChI=1S/C11H7F3NO/c1-2-8-4-3-5-10(9(8)6-15)16-7-11(12,13)14/h3-5H,1,7H2. The van der Waals surface area contributed by atoms with Gasteiger partial charge in [0, 0.05) is 5.56 Å². The fraction of sp³-hybridized carbons (Fsp3) is 0.182. The van der Waals surface area contributed by atoms with Gasteiger partial charge in [0.15, 0.2) is 6.61 Å². The molecule has 0 saturated heterocycles. The van der Waals surface area contributed by atoms with Gasteiger partial charge in [0.05, 0.1) is 0 Å². The van der Waals surface area contributed by atoms with Gasteiger partial charge in [0.25, 0.3) is 0 Å². The Morgan fingerprint density at radius 1 is 1.38 bits per heavy atom. The maximum absolute atomic E-state index is 11.9. The zero-order valence-corrected chi connectivity index (χ0v) is 8.14. The third-order valence-electron chi connectivity index (χ3n) is 1.72. The number of hydrogen-bond acceptors (Lipinski definition) is 2. The van der Waals surface area contributed by atoms with E-state index in [0.717, 1.165) is 0 Å². The van der Waals surface area contributed by atoms with E-state index in [1.165, 1.54) is 18.2 Å². The summed E-state index contributed by atoms with van der Waals surface area (Å²) in [6.45, 7) is 1.91. The second-order valence-electron chi connectivity index (χ2n) is 2.87. The Balaban J connectivity index is 2.97. The van der Waals surface area contributed by atoms with E-state index >= 15 is 0 Å². The first-order valence-electron chi connectivity index (χ1n) is 4.23. The van der Waals surface area contributed by atoms with E-state index in [1.54, 1.807) is 6.07 Å². The quantitative estimate of drug-likeness (QED) is 0.793. The molecular formula is C11H7F3NO. The SMILES string of the molecule is C=[C]c1cccc(OCC(F)(F)F)c1C#N. The highest BCUT2D eigenvalue weighted by Crippen LogP contribution is 2.24. The Labute approximate surface area is 90.6 Å². The fourth-order valence-corrected chi connectivity index (χ4v) is 1.07. The van der Waals surface area contributed by atoms with Crippen LogP contribution < -0.4 is 4.74 Å². The molecule has 0 unspecified atom stereocenters. The summed E-state index contributed by atoms with van der Waals surface area (Å²) in [6.07, 6.45) is -1.98. The van der Waals surface area contributed by atoms with E-state index in [1.807, 2.05) is 0 Å². The third kappa shape index (κ3) is 3.02. The first-order chi connectivity index (χ1) is 7.48. The molecule has 0 aromatic heterocycles. The summed E-state index contributed by atoms with van der Waals surface area (Å²) < 4.78 is 40.3. The van der Waals surface area contributed by atoms with Crippen molar-refractivity contribution in [1.29, 1.82) is 5.26 Å². The maximum atomic E-state index is 11.9. The summed E-state index contributed by atoms with van der Waals surface area (Å²) in [4.78, 5) is 0. The molecule has 0 aliphatic heterocycles. The predicted octanol–water partition coefficient (Wildman–Crippen LogP) is 2.84. The molecule has 0 amide bonds. The molecule has 1 aromatic carbocycles. The summed E-state index contributed by atoms with van der Waals surface area (Å²) in [5, 5.41) is 8.78. The number of alkyl halides is 3. The van der Waals surface area contributed by atoms with Crippen molar-refractivity contribution in [3.8, 4) is 11.8 Å². The molecule has 0 fully saturated rings. The molecule has 0 saturated carbocycles. The molecule has 0 N–H and O–H groups in total. The van der Waals surface area contributed by atoms with Crippen molar-refractivity contribution >= 4 is 0 Å². The Hall–Kier alpha value is -1.96. The van der Waals surface area contributed by atoms with Crippen molar-refractivity contribution in [3.63, 3.8) is 0 Å². The number of benzene rings is 1. The van der Waals surface area contributed by atoms with Crippen molar-refractivity contribution in [2.24, 2.45) is 0 Å². The Morgan fingerprint density at radius 2 is 2.06 bits per heavy atom. The van der Waals surface area contributed by atoms with Gasteiger partial charge in [-0.05, 0) is 12.1 Å². The van der Waals surface area contributed by atoms with E-state index in [-0.39, 0.29) is 11.3 Å². The zero-order valence-electron chi connectivity index (χ0n) is 8.14. The van der Waals surface area contributed by atoms with Crippen LogP contribution in [0, 0.1) is 17.4 Å². The van der Waals surface area contributed by atoms with Crippen LogP contribution >= 0.6 is 0 Å². The summed E-state index contributed by atoms with van der Waals surface area (Å²) in [5.41, 5.74) is 0.323. The van der Waals surface area contributed by atoms with E-state index in [0.29, 0.717) is 5.56 Å². The van der Waals surface area contributed by atoms with E-state index in [9.17, 15) is 13.2 Å². The number of nitrogens with zero attached hydrogens (tertiary/aromatic N) is 1. The van der Waals surface area contributed by atoms with Gasteiger partial charge in [-0.2, -0.15) is 18.4 Å². The van der Waals surface area contributed by atoms with Crippen LogP contribution in [0.2, 0.25) is 0 Å². The first-order valence-corrected chi connectivity index (χ1v) is 4.23. The van der Waals surface area contributed by atoms with Crippen LogP contribution in [0.5, 0.6) is 5.75 Å². The lowest BCUT2D eigenvalue weighted by Crippen LogP contribution is -2.19. The van der Waals surface area contributed by atoms with Crippen molar-refractivity contribution in [2.45, 2.75) is 6.18 Å². The number of rotatable bonds is 3. The van der Waals surface area contributed by atoms with Gasteiger partial charge in [-0.25, -0.2) is 0 Å². The van der Waals surface area contributed by atoms with Gasteiger partial charge in [-0.1, -0.05) is 18.7 Å². The van der Waals surface area contributed by atoms with Gasteiger partial charge in [0.2, 0.25) is 0 Å². The fourth-order valence-electron chi connectivity index (χ4n) is 1.07. The maximum Gasteiger partial charge on any atom is 0.422 e. The van der Waals surface area contributed by atoms with Gasteiger partial charge in [0.1, 0.15) is 17.4 Å². The topological polar surface area (TPSA) is 33.0 Å². The molecule has 0 bridgehead atoms. The molecule has 1 rings (SSSR count). The normalized spacial score (nSPS) is 10.6. The zero-order chi connectivity index (χ0) is 12.2. The molecule has 2 nitrogen and oxygen atoms in total. The lowest BCUT2D eigenvalue weighted by molar-refractivity contribution is -0.153. The summed E-state index contributed by atoms with van der Waals surface area (Å²) >= 11 is 0. The van der Waals surface area contributed by atoms with Crippen molar-refractivity contribution in [3.05, 3.63) is 42.0 Å². The number of nitriles is 1. The van der Waals surface area contributed by atoms with Gasteiger partial charge in [-0.15, -0.1) is 0 Å². The number of halogens is 3. The van der Waals surface area contributed by atoms with Crippen LogP contribution in [0.3, 0.4) is 0 Å². The Kier molecular flexibility index (Phi) is 3.56.